The van der Waals surface area contributed by atoms with Gasteiger partial charge in [0, 0.05) is 9.35 Å². The summed E-state index contributed by atoms with van der Waals surface area (Å²) in [7, 11) is 0. The van der Waals surface area contributed by atoms with E-state index in [4.69, 9.17) is 0 Å². The van der Waals surface area contributed by atoms with E-state index in [2.05, 4.69) is 26.6 Å². The summed E-state index contributed by atoms with van der Waals surface area (Å²) in [5.74, 6) is 0.108. The second kappa shape index (κ2) is 4.42. The summed E-state index contributed by atoms with van der Waals surface area (Å²) in [4.78, 5) is 12.6. The maximum Gasteiger partial charge on any atom is 0.237 e. The van der Waals surface area contributed by atoms with Crippen LogP contribution in [0, 0.1) is 0 Å². The number of halogens is 1. The van der Waals surface area contributed by atoms with E-state index < -0.39 is 0 Å². The average molecular weight is 275 g/mol. The lowest BCUT2D eigenvalue weighted by atomic mass is 10.1. The van der Waals surface area contributed by atoms with Crippen molar-refractivity contribution in [2.75, 3.05) is 6.54 Å². The fourth-order valence-corrected chi connectivity index (χ4v) is 2.69. The molecule has 76 valence electrons. The molecule has 14 heavy (non-hydrogen) atoms. The standard InChI is InChI=1S/C9H11BrN2OS/c10-6-2-4-14-8(6)5-12-9(13)7-1-3-11-7/h2,4,7,11H,1,3,5H2,(H,12,13)/t7-/m1/s1. The van der Waals surface area contributed by atoms with E-state index in [1.165, 1.54) is 0 Å². The van der Waals surface area contributed by atoms with E-state index in [0.29, 0.717) is 6.54 Å². The Morgan fingerprint density at radius 2 is 2.57 bits per heavy atom. The number of hydrogen-bond acceptors (Lipinski definition) is 3. The topological polar surface area (TPSA) is 41.1 Å². The molecule has 1 aliphatic rings. The van der Waals surface area contributed by atoms with Gasteiger partial charge in [-0.2, -0.15) is 0 Å². The largest absolute Gasteiger partial charge is 0.350 e. The molecular formula is C9H11BrN2OS. The Bertz CT molecular complexity index is 335. The fraction of sp³-hybridized carbons (Fsp3) is 0.444. The number of carbonyl (C=O) groups is 1. The minimum Gasteiger partial charge on any atom is -0.350 e. The van der Waals surface area contributed by atoms with Crippen LogP contribution >= 0.6 is 27.3 Å². The Morgan fingerprint density at radius 3 is 3.07 bits per heavy atom. The van der Waals surface area contributed by atoms with Gasteiger partial charge >= 0.3 is 0 Å². The highest BCUT2D eigenvalue weighted by Crippen LogP contribution is 2.22. The van der Waals surface area contributed by atoms with Crippen LogP contribution in [0.4, 0.5) is 0 Å². The molecule has 0 unspecified atom stereocenters. The average Bonchev–Trinajstić information content (AvgIpc) is 2.44. The molecule has 0 saturated carbocycles. The van der Waals surface area contributed by atoms with E-state index >= 15 is 0 Å². The molecule has 1 aromatic rings. The molecule has 2 N–H and O–H groups in total. The quantitative estimate of drug-likeness (QED) is 0.877. The summed E-state index contributed by atoms with van der Waals surface area (Å²) in [5.41, 5.74) is 0. The van der Waals surface area contributed by atoms with Gasteiger partial charge in [-0.3, -0.25) is 4.79 Å². The van der Waals surface area contributed by atoms with Gasteiger partial charge in [0.2, 0.25) is 5.91 Å². The first kappa shape index (κ1) is 10.1. The van der Waals surface area contributed by atoms with E-state index in [0.717, 1.165) is 22.3 Å². The third-order valence-corrected chi connectivity index (χ3v) is 4.18. The van der Waals surface area contributed by atoms with Crippen LogP contribution in [-0.4, -0.2) is 18.5 Å². The van der Waals surface area contributed by atoms with Crippen molar-refractivity contribution in [2.45, 2.75) is 19.0 Å². The molecule has 0 spiro atoms. The summed E-state index contributed by atoms with van der Waals surface area (Å²) in [5, 5.41) is 7.98. The minimum atomic E-state index is 0.0359. The SMILES string of the molecule is O=C(NCc1sccc1Br)[C@H]1CCN1. The molecule has 1 amide bonds. The first-order valence-electron chi connectivity index (χ1n) is 4.50. The number of hydrogen-bond donors (Lipinski definition) is 2. The van der Waals surface area contributed by atoms with Gasteiger partial charge in [-0.05, 0) is 40.3 Å². The molecule has 2 heterocycles. The normalized spacial score (nSPS) is 20.2. The number of carbonyl (C=O) groups excluding carboxylic acids is 1. The predicted molar refractivity (Wildman–Crippen MR) is 60.3 cm³/mol. The summed E-state index contributed by atoms with van der Waals surface area (Å²) < 4.78 is 1.07. The van der Waals surface area contributed by atoms with Crippen LogP contribution in [0.2, 0.25) is 0 Å². The molecule has 3 nitrogen and oxygen atoms in total. The van der Waals surface area contributed by atoms with Crippen molar-refractivity contribution in [2.24, 2.45) is 0 Å². The Balaban J connectivity index is 1.82. The molecule has 1 saturated heterocycles. The van der Waals surface area contributed by atoms with E-state index in [-0.39, 0.29) is 11.9 Å². The zero-order chi connectivity index (χ0) is 9.97. The van der Waals surface area contributed by atoms with Crippen molar-refractivity contribution in [3.63, 3.8) is 0 Å². The summed E-state index contributed by atoms with van der Waals surface area (Å²) in [6.45, 7) is 1.58. The zero-order valence-corrected chi connectivity index (χ0v) is 9.95. The van der Waals surface area contributed by atoms with Crippen LogP contribution in [0.25, 0.3) is 0 Å². The highest BCUT2D eigenvalue weighted by Gasteiger charge is 2.23. The number of nitrogens with one attached hydrogen (secondary N) is 2. The Morgan fingerprint density at radius 1 is 1.79 bits per heavy atom. The lowest BCUT2D eigenvalue weighted by Gasteiger charge is -2.26. The van der Waals surface area contributed by atoms with Gasteiger partial charge in [-0.1, -0.05) is 0 Å². The van der Waals surface area contributed by atoms with E-state index in [9.17, 15) is 4.79 Å². The highest BCUT2D eigenvalue weighted by atomic mass is 79.9. The van der Waals surface area contributed by atoms with Crippen LogP contribution in [0.15, 0.2) is 15.9 Å². The van der Waals surface area contributed by atoms with Crippen molar-refractivity contribution in [3.8, 4) is 0 Å². The van der Waals surface area contributed by atoms with Crippen molar-refractivity contribution in [3.05, 3.63) is 20.8 Å². The molecule has 1 aromatic heterocycles. The van der Waals surface area contributed by atoms with Gasteiger partial charge in [-0.25, -0.2) is 0 Å². The molecule has 1 aliphatic heterocycles. The smallest absolute Gasteiger partial charge is 0.237 e. The molecule has 2 rings (SSSR count). The lowest BCUT2D eigenvalue weighted by molar-refractivity contribution is -0.124. The van der Waals surface area contributed by atoms with Crippen molar-refractivity contribution >= 4 is 33.2 Å². The van der Waals surface area contributed by atoms with Crippen molar-refractivity contribution in [1.82, 2.24) is 10.6 Å². The number of amides is 1. The maximum absolute atomic E-state index is 11.4. The summed E-state index contributed by atoms with van der Waals surface area (Å²) in [6, 6.07) is 2.03. The summed E-state index contributed by atoms with van der Waals surface area (Å²) in [6.07, 6.45) is 0.956. The second-order valence-electron chi connectivity index (χ2n) is 3.20. The van der Waals surface area contributed by atoms with Gasteiger partial charge in [0.25, 0.3) is 0 Å². The van der Waals surface area contributed by atoms with Gasteiger partial charge in [0.1, 0.15) is 0 Å². The van der Waals surface area contributed by atoms with Crippen molar-refractivity contribution < 1.29 is 4.79 Å². The monoisotopic (exact) mass is 274 g/mol. The molecular weight excluding hydrogens is 264 g/mol. The van der Waals surface area contributed by atoms with Gasteiger partial charge < -0.3 is 10.6 Å². The number of thiophene rings is 1. The van der Waals surface area contributed by atoms with Crippen LogP contribution in [0.3, 0.4) is 0 Å². The number of rotatable bonds is 3. The third kappa shape index (κ3) is 2.16. The van der Waals surface area contributed by atoms with Crippen LogP contribution < -0.4 is 10.6 Å². The second-order valence-corrected chi connectivity index (χ2v) is 5.06. The molecule has 1 fully saturated rings. The van der Waals surface area contributed by atoms with Gasteiger partial charge in [0.05, 0.1) is 12.6 Å². The Hall–Kier alpha value is -0.390. The molecule has 5 heteroatoms. The maximum atomic E-state index is 11.4. The molecule has 0 aromatic carbocycles. The van der Waals surface area contributed by atoms with Gasteiger partial charge in [0.15, 0.2) is 0 Å². The molecule has 0 radical (unpaired) electrons. The van der Waals surface area contributed by atoms with Crippen LogP contribution in [-0.2, 0) is 11.3 Å². The minimum absolute atomic E-state index is 0.0359. The van der Waals surface area contributed by atoms with E-state index in [1.54, 1.807) is 11.3 Å². The van der Waals surface area contributed by atoms with Crippen LogP contribution in [0.5, 0.6) is 0 Å². The Labute approximate surface area is 95.0 Å². The molecule has 0 bridgehead atoms. The fourth-order valence-electron chi connectivity index (χ4n) is 1.25. The summed E-state index contributed by atoms with van der Waals surface area (Å²) >= 11 is 5.07. The van der Waals surface area contributed by atoms with Gasteiger partial charge in [-0.15, -0.1) is 11.3 Å². The zero-order valence-electron chi connectivity index (χ0n) is 7.55. The lowest BCUT2D eigenvalue weighted by Crippen LogP contribution is -2.52. The molecule has 0 aliphatic carbocycles. The Kier molecular flexibility index (Phi) is 3.20. The predicted octanol–water partition coefficient (Wildman–Crippen LogP) is 1.49. The highest BCUT2D eigenvalue weighted by molar-refractivity contribution is 9.10. The first-order chi connectivity index (χ1) is 6.77. The first-order valence-corrected chi connectivity index (χ1v) is 6.17. The van der Waals surface area contributed by atoms with E-state index in [1.807, 2.05) is 11.4 Å². The third-order valence-electron chi connectivity index (χ3n) is 2.25. The molecule has 1 atom stereocenters. The van der Waals surface area contributed by atoms with Crippen LogP contribution in [0.1, 0.15) is 11.3 Å². The van der Waals surface area contributed by atoms with Crippen molar-refractivity contribution in [1.29, 1.82) is 0 Å².